The van der Waals surface area contributed by atoms with E-state index >= 15 is 0 Å². The van der Waals surface area contributed by atoms with E-state index in [0.717, 1.165) is 12.0 Å². The molecule has 2 heteroatoms. The molecule has 1 saturated carbocycles. The molecule has 1 saturated heterocycles. The van der Waals surface area contributed by atoms with Crippen LogP contribution in [-0.2, 0) is 0 Å². The van der Waals surface area contributed by atoms with E-state index in [0.29, 0.717) is 6.04 Å². The fourth-order valence-electron chi connectivity index (χ4n) is 3.19. The van der Waals surface area contributed by atoms with Gasteiger partial charge in [0, 0.05) is 12.1 Å². The van der Waals surface area contributed by atoms with Crippen LogP contribution in [0.2, 0.25) is 0 Å². The van der Waals surface area contributed by atoms with Gasteiger partial charge in [-0.2, -0.15) is 0 Å². The highest BCUT2D eigenvalue weighted by molar-refractivity contribution is 4.82. The molecule has 0 aromatic heterocycles. The summed E-state index contributed by atoms with van der Waals surface area (Å²) in [6.45, 7) is 8.43. The van der Waals surface area contributed by atoms with Crippen LogP contribution in [0.4, 0.5) is 0 Å². The zero-order valence-electron chi connectivity index (χ0n) is 11.0. The van der Waals surface area contributed by atoms with Gasteiger partial charge >= 0.3 is 0 Å². The Hall–Kier alpha value is -0.0800. The average Bonchev–Trinajstić information content (AvgIpc) is 2.80. The van der Waals surface area contributed by atoms with E-state index < -0.39 is 0 Å². The summed E-state index contributed by atoms with van der Waals surface area (Å²) in [7, 11) is 0. The minimum Gasteiger partial charge on any atom is -0.314 e. The Kier molecular flexibility index (Phi) is 4.66. The summed E-state index contributed by atoms with van der Waals surface area (Å²) in [6.07, 6.45) is 8.70. The molecule has 1 N–H and O–H groups in total. The van der Waals surface area contributed by atoms with Crippen LogP contribution < -0.4 is 5.32 Å². The number of hydrogen-bond acceptors (Lipinski definition) is 2. The number of piperidine rings is 1. The highest BCUT2D eigenvalue weighted by Gasteiger charge is 2.26. The molecule has 94 valence electrons. The highest BCUT2D eigenvalue weighted by Crippen LogP contribution is 2.27. The molecule has 2 nitrogen and oxygen atoms in total. The largest absolute Gasteiger partial charge is 0.314 e. The molecule has 2 aliphatic rings. The van der Waals surface area contributed by atoms with Gasteiger partial charge < -0.3 is 10.2 Å². The number of rotatable bonds is 4. The summed E-state index contributed by atoms with van der Waals surface area (Å²) in [5.41, 5.74) is 0. The fourth-order valence-corrected chi connectivity index (χ4v) is 3.19. The van der Waals surface area contributed by atoms with Crippen molar-refractivity contribution in [2.24, 2.45) is 5.92 Å². The summed E-state index contributed by atoms with van der Waals surface area (Å²) in [6, 6.07) is 1.59. The van der Waals surface area contributed by atoms with E-state index in [4.69, 9.17) is 0 Å². The first-order valence-electron chi connectivity index (χ1n) is 7.23. The van der Waals surface area contributed by atoms with Crippen molar-refractivity contribution in [1.82, 2.24) is 10.2 Å². The van der Waals surface area contributed by atoms with E-state index in [1.807, 2.05) is 0 Å². The lowest BCUT2D eigenvalue weighted by atomic mass is 9.95. The zero-order chi connectivity index (χ0) is 11.4. The van der Waals surface area contributed by atoms with Crippen LogP contribution in [0.1, 0.15) is 52.4 Å². The van der Waals surface area contributed by atoms with Gasteiger partial charge in [0.1, 0.15) is 0 Å². The molecule has 0 radical (unpaired) electrons. The van der Waals surface area contributed by atoms with Gasteiger partial charge in [-0.15, -0.1) is 0 Å². The molecule has 0 bridgehead atoms. The molecule has 1 aliphatic carbocycles. The molecule has 1 heterocycles. The molecule has 2 fully saturated rings. The first kappa shape index (κ1) is 12.4. The molecule has 2 rings (SSSR count). The maximum absolute atomic E-state index is 3.58. The fraction of sp³-hybridized carbons (Fsp3) is 1.00. The monoisotopic (exact) mass is 224 g/mol. The summed E-state index contributed by atoms with van der Waals surface area (Å²) >= 11 is 0. The Morgan fingerprint density at radius 3 is 2.25 bits per heavy atom. The van der Waals surface area contributed by atoms with Gasteiger partial charge in [0.05, 0.1) is 0 Å². The van der Waals surface area contributed by atoms with Gasteiger partial charge in [-0.3, -0.25) is 0 Å². The lowest BCUT2D eigenvalue weighted by Gasteiger charge is -2.36. The normalized spacial score (nSPS) is 25.7. The molecule has 1 aliphatic heterocycles. The molecule has 16 heavy (non-hydrogen) atoms. The van der Waals surface area contributed by atoms with Gasteiger partial charge in [-0.1, -0.05) is 26.7 Å². The predicted octanol–water partition coefficient (Wildman–Crippen LogP) is 2.64. The van der Waals surface area contributed by atoms with E-state index in [1.54, 1.807) is 0 Å². The number of hydrogen-bond donors (Lipinski definition) is 1. The van der Waals surface area contributed by atoms with E-state index in [1.165, 1.54) is 58.2 Å². The number of likely N-dealkylation sites (tertiary alicyclic amines) is 1. The van der Waals surface area contributed by atoms with Crippen molar-refractivity contribution >= 4 is 0 Å². The van der Waals surface area contributed by atoms with Crippen LogP contribution in [0.5, 0.6) is 0 Å². The first-order chi connectivity index (χ1) is 7.75. The molecule has 0 amide bonds. The molecule has 0 unspecified atom stereocenters. The SMILES string of the molecule is CC(C)NCC1CCN(C2CCCC2)CC1. The van der Waals surface area contributed by atoms with Crippen molar-refractivity contribution in [2.45, 2.75) is 64.5 Å². The van der Waals surface area contributed by atoms with Crippen LogP contribution in [0.3, 0.4) is 0 Å². The zero-order valence-corrected chi connectivity index (χ0v) is 11.0. The number of nitrogens with zero attached hydrogens (tertiary/aromatic N) is 1. The Balaban J connectivity index is 1.65. The maximum atomic E-state index is 3.58. The van der Waals surface area contributed by atoms with E-state index in [9.17, 15) is 0 Å². The summed E-state index contributed by atoms with van der Waals surface area (Å²) in [4.78, 5) is 2.76. The van der Waals surface area contributed by atoms with E-state index in [2.05, 4.69) is 24.1 Å². The van der Waals surface area contributed by atoms with Gasteiger partial charge in [-0.05, 0) is 51.2 Å². The van der Waals surface area contributed by atoms with Crippen molar-refractivity contribution in [3.8, 4) is 0 Å². The van der Waals surface area contributed by atoms with Crippen molar-refractivity contribution in [1.29, 1.82) is 0 Å². The number of nitrogens with one attached hydrogen (secondary N) is 1. The van der Waals surface area contributed by atoms with Crippen molar-refractivity contribution < 1.29 is 0 Å². The van der Waals surface area contributed by atoms with Gasteiger partial charge in [0.15, 0.2) is 0 Å². The Morgan fingerprint density at radius 2 is 1.69 bits per heavy atom. The van der Waals surface area contributed by atoms with Gasteiger partial charge in [0.2, 0.25) is 0 Å². The lowest BCUT2D eigenvalue weighted by Crippen LogP contribution is -2.42. The molecular weight excluding hydrogens is 196 g/mol. The predicted molar refractivity (Wildman–Crippen MR) is 69.7 cm³/mol. The second kappa shape index (κ2) is 6.02. The minimum atomic E-state index is 0.646. The van der Waals surface area contributed by atoms with Crippen LogP contribution in [-0.4, -0.2) is 36.6 Å². The minimum absolute atomic E-state index is 0.646. The maximum Gasteiger partial charge on any atom is 0.00952 e. The third-order valence-electron chi connectivity index (χ3n) is 4.30. The smallest absolute Gasteiger partial charge is 0.00952 e. The van der Waals surface area contributed by atoms with Crippen molar-refractivity contribution in [3.63, 3.8) is 0 Å². The third-order valence-corrected chi connectivity index (χ3v) is 4.30. The molecular formula is C14H28N2. The summed E-state index contributed by atoms with van der Waals surface area (Å²) in [5.74, 6) is 0.931. The van der Waals surface area contributed by atoms with Gasteiger partial charge in [0.25, 0.3) is 0 Å². The highest BCUT2D eigenvalue weighted by atomic mass is 15.2. The van der Waals surface area contributed by atoms with Crippen molar-refractivity contribution in [2.75, 3.05) is 19.6 Å². The van der Waals surface area contributed by atoms with Crippen LogP contribution in [0.25, 0.3) is 0 Å². The average molecular weight is 224 g/mol. The Morgan fingerprint density at radius 1 is 1.06 bits per heavy atom. The second-order valence-corrected chi connectivity index (χ2v) is 5.98. The molecule has 0 atom stereocenters. The first-order valence-corrected chi connectivity index (χ1v) is 7.23. The Labute approximate surface area is 101 Å². The molecule has 0 spiro atoms. The molecule has 0 aromatic carbocycles. The van der Waals surface area contributed by atoms with Crippen LogP contribution in [0.15, 0.2) is 0 Å². The van der Waals surface area contributed by atoms with Crippen LogP contribution in [0, 0.1) is 5.92 Å². The van der Waals surface area contributed by atoms with E-state index in [-0.39, 0.29) is 0 Å². The quantitative estimate of drug-likeness (QED) is 0.790. The lowest BCUT2D eigenvalue weighted by molar-refractivity contribution is 0.132. The summed E-state index contributed by atoms with van der Waals surface area (Å²) < 4.78 is 0. The van der Waals surface area contributed by atoms with Crippen LogP contribution >= 0.6 is 0 Å². The summed E-state index contributed by atoms with van der Waals surface area (Å²) in [5, 5.41) is 3.58. The topological polar surface area (TPSA) is 15.3 Å². The third kappa shape index (κ3) is 3.46. The van der Waals surface area contributed by atoms with Crippen molar-refractivity contribution in [3.05, 3.63) is 0 Å². The van der Waals surface area contributed by atoms with Gasteiger partial charge in [-0.25, -0.2) is 0 Å². The Bertz CT molecular complexity index is 189. The molecule has 0 aromatic rings. The standard InChI is InChI=1S/C14H28N2/c1-12(2)15-11-13-7-9-16(10-8-13)14-5-3-4-6-14/h12-15H,3-11H2,1-2H3. The second-order valence-electron chi connectivity index (χ2n) is 5.98.